The first-order valence-electron chi connectivity index (χ1n) is 10.9. The van der Waals surface area contributed by atoms with Gasteiger partial charge in [-0.2, -0.15) is 0 Å². The molecule has 1 N–H and O–H groups in total. The molecule has 0 radical (unpaired) electrons. The zero-order valence-corrected chi connectivity index (χ0v) is 20.1. The van der Waals surface area contributed by atoms with Gasteiger partial charge >= 0.3 is 0 Å². The van der Waals surface area contributed by atoms with Crippen molar-refractivity contribution in [3.8, 4) is 0 Å². The van der Waals surface area contributed by atoms with Crippen LogP contribution < -0.4 is 5.32 Å². The fourth-order valence-electron chi connectivity index (χ4n) is 3.41. The normalized spacial score (nSPS) is 11.8. The van der Waals surface area contributed by atoms with E-state index in [0.29, 0.717) is 42.4 Å². The zero-order valence-electron chi connectivity index (χ0n) is 18.6. The molecule has 168 valence electrons. The first-order valence-corrected chi connectivity index (χ1v) is 11.7. The highest BCUT2D eigenvalue weighted by atomic mass is 35.5. The van der Waals surface area contributed by atoms with Gasteiger partial charge in [-0.3, -0.25) is 9.59 Å². The lowest BCUT2D eigenvalue weighted by atomic mass is 10.0. The molecule has 2 aromatic rings. The van der Waals surface area contributed by atoms with Gasteiger partial charge in [0.15, 0.2) is 0 Å². The van der Waals surface area contributed by atoms with E-state index in [2.05, 4.69) is 12.2 Å². The smallest absolute Gasteiger partial charge is 0.242 e. The average Bonchev–Trinajstić information content (AvgIpc) is 2.75. The minimum atomic E-state index is -0.531. The van der Waals surface area contributed by atoms with Crippen LogP contribution in [0.25, 0.3) is 0 Å². The number of amides is 2. The molecule has 0 aliphatic heterocycles. The predicted octanol–water partition coefficient (Wildman–Crippen LogP) is 5.96. The molecule has 0 spiro atoms. The Balaban J connectivity index is 2.19. The van der Waals surface area contributed by atoms with Gasteiger partial charge in [0.1, 0.15) is 6.04 Å². The minimum absolute atomic E-state index is 0.0517. The summed E-state index contributed by atoms with van der Waals surface area (Å²) in [5, 5.41) is 3.88. The molecule has 0 unspecified atom stereocenters. The molecule has 1 atom stereocenters. The van der Waals surface area contributed by atoms with Crippen LogP contribution in [0.4, 0.5) is 0 Å². The van der Waals surface area contributed by atoms with E-state index in [4.69, 9.17) is 23.2 Å². The van der Waals surface area contributed by atoms with Crippen LogP contribution in [-0.2, 0) is 22.6 Å². The number of unbranched alkanes of at least 4 members (excludes halogenated alkanes) is 1. The van der Waals surface area contributed by atoms with E-state index in [1.165, 1.54) is 5.56 Å². The van der Waals surface area contributed by atoms with Crippen molar-refractivity contribution in [3.05, 3.63) is 69.2 Å². The summed E-state index contributed by atoms with van der Waals surface area (Å²) in [5.74, 6) is -0.163. The van der Waals surface area contributed by atoms with E-state index in [1.54, 1.807) is 17.0 Å². The second-order valence-electron chi connectivity index (χ2n) is 7.82. The van der Waals surface area contributed by atoms with Gasteiger partial charge in [-0.15, -0.1) is 0 Å². The molecule has 31 heavy (non-hydrogen) atoms. The van der Waals surface area contributed by atoms with E-state index in [9.17, 15) is 9.59 Å². The highest BCUT2D eigenvalue weighted by Gasteiger charge is 2.28. The third-order valence-electron chi connectivity index (χ3n) is 5.30. The van der Waals surface area contributed by atoms with Crippen molar-refractivity contribution < 1.29 is 9.59 Å². The number of halogens is 2. The molecule has 0 fully saturated rings. The van der Waals surface area contributed by atoms with Crippen LogP contribution in [0.2, 0.25) is 10.0 Å². The van der Waals surface area contributed by atoms with Crippen molar-refractivity contribution in [1.29, 1.82) is 0 Å². The van der Waals surface area contributed by atoms with E-state index in [0.717, 1.165) is 24.0 Å². The highest BCUT2D eigenvalue weighted by Crippen LogP contribution is 2.24. The monoisotopic (exact) mass is 462 g/mol. The quantitative estimate of drug-likeness (QED) is 0.418. The lowest BCUT2D eigenvalue weighted by molar-refractivity contribution is -0.141. The van der Waals surface area contributed by atoms with Crippen LogP contribution in [-0.4, -0.2) is 29.3 Å². The Bertz CT molecular complexity index is 868. The van der Waals surface area contributed by atoms with Crippen LogP contribution >= 0.6 is 23.2 Å². The number of hydrogen-bond acceptors (Lipinski definition) is 2. The fraction of sp³-hybridized carbons (Fsp3) is 0.440. The Morgan fingerprint density at radius 3 is 2.29 bits per heavy atom. The Hall–Kier alpha value is -2.04. The first kappa shape index (κ1) is 25.2. The van der Waals surface area contributed by atoms with Crippen molar-refractivity contribution in [2.24, 2.45) is 0 Å². The number of aryl methyl sites for hydroxylation is 2. The molecule has 6 heteroatoms. The maximum atomic E-state index is 13.3. The van der Waals surface area contributed by atoms with Crippen molar-refractivity contribution in [1.82, 2.24) is 10.2 Å². The number of carbonyl (C=O) groups excluding carboxylic acids is 2. The van der Waals surface area contributed by atoms with Crippen LogP contribution in [0, 0.1) is 6.92 Å². The largest absolute Gasteiger partial charge is 0.354 e. The third kappa shape index (κ3) is 7.86. The summed E-state index contributed by atoms with van der Waals surface area (Å²) in [6, 6.07) is 13.0. The number of nitrogens with one attached hydrogen (secondary N) is 1. The second-order valence-corrected chi connectivity index (χ2v) is 8.64. The molecule has 0 saturated heterocycles. The molecule has 2 rings (SSSR count). The molecule has 0 bridgehead atoms. The van der Waals surface area contributed by atoms with E-state index in [-0.39, 0.29) is 11.8 Å². The summed E-state index contributed by atoms with van der Waals surface area (Å²) in [6.07, 6.45) is 3.42. The molecular weight excluding hydrogens is 431 g/mol. The lowest BCUT2D eigenvalue weighted by Crippen LogP contribution is -2.49. The molecular formula is C25H32Cl2N2O2. The summed E-state index contributed by atoms with van der Waals surface area (Å²) in [5.41, 5.74) is 3.14. The number of hydrogen-bond donors (Lipinski definition) is 1. The molecule has 0 aliphatic rings. The molecule has 2 aromatic carbocycles. The van der Waals surface area contributed by atoms with Gasteiger partial charge < -0.3 is 10.2 Å². The van der Waals surface area contributed by atoms with Gasteiger partial charge in [-0.05, 0) is 49.4 Å². The van der Waals surface area contributed by atoms with Crippen LogP contribution in [0.3, 0.4) is 0 Å². The van der Waals surface area contributed by atoms with E-state index < -0.39 is 6.04 Å². The number of carbonyl (C=O) groups is 2. The maximum absolute atomic E-state index is 13.3. The van der Waals surface area contributed by atoms with Crippen molar-refractivity contribution in [3.63, 3.8) is 0 Å². The average molecular weight is 463 g/mol. The molecule has 2 amide bonds. The summed E-state index contributed by atoms with van der Waals surface area (Å²) >= 11 is 12.2. The molecule has 0 aromatic heterocycles. The van der Waals surface area contributed by atoms with Crippen LogP contribution in [0.1, 0.15) is 56.2 Å². The highest BCUT2D eigenvalue weighted by molar-refractivity contribution is 6.42. The SMILES string of the molecule is CCCCNC(=O)[C@@H](CC)N(Cc1ccc(Cl)c(Cl)c1)C(=O)CCc1ccc(C)cc1. The first-order chi connectivity index (χ1) is 14.8. The Morgan fingerprint density at radius 1 is 1.00 bits per heavy atom. The lowest BCUT2D eigenvalue weighted by Gasteiger charge is -2.31. The van der Waals surface area contributed by atoms with Crippen molar-refractivity contribution in [2.45, 2.75) is 65.5 Å². The minimum Gasteiger partial charge on any atom is -0.354 e. The van der Waals surface area contributed by atoms with Crippen molar-refractivity contribution >= 4 is 35.0 Å². The van der Waals surface area contributed by atoms with Gasteiger partial charge in [0.25, 0.3) is 0 Å². The van der Waals surface area contributed by atoms with Gasteiger partial charge in [0.2, 0.25) is 11.8 Å². The maximum Gasteiger partial charge on any atom is 0.242 e. The molecule has 4 nitrogen and oxygen atoms in total. The Labute approximate surface area is 195 Å². The molecule has 0 saturated carbocycles. The van der Waals surface area contributed by atoms with Crippen LogP contribution in [0.15, 0.2) is 42.5 Å². The molecule has 0 heterocycles. The molecule has 0 aliphatic carbocycles. The van der Waals surface area contributed by atoms with E-state index >= 15 is 0 Å². The zero-order chi connectivity index (χ0) is 22.8. The van der Waals surface area contributed by atoms with Crippen LogP contribution in [0.5, 0.6) is 0 Å². The summed E-state index contributed by atoms with van der Waals surface area (Å²) in [7, 11) is 0. The van der Waals surface area contributed by atoms with Gasteiger partial charge in [-0.25, -0.2) is 0 Å². The van der Waals surface area contributed by atoms with Gasteiger partial charge in [-0.1, -0.05) is 79.4 Å². The second kappa shape index (κ2) is 12.7. The number of rotatable bonds is 11. The third-order valence-corrected chi connectivity index (χ3v) is 6.04. The summed E-state index contributed by atoms with van der Waals surface area (Å²) in [4.78, 5) is 27.8. The predicted molar refractivity (Wildman–Crippen MR) is 129 cm³/mol. The summed E-state index contributed by atoms with van der Waals surface area (Å²) < 4.78 is 0. The standard InChI is InChI=1S/C25H32Cl2N2O2/c1-4-6-15-28-25(31)23(5-2)29(17-20-11-13-21(26)22(27)16-20)24(30)14-12-19-9-7-18(3)8-10-19/h7-11,13,16,23H,4-6,12,14-15,17H2,1-3H3,(H,28,31)/t23-/m1/s1. The van der Waals surface area contributed by atoms with E-state index in [1.807, 2.05) is 44.2 Å². The van der Waals surface area contributed by atoms with Gasteiger partial charge in [0, 0.05) is 19.5 Å². The topological polar surface area (TPSA) is 49.4 Å². The Kier molecular flexibility index (Phi) is 10.4. The van der Waals surface area contributed by atoms with Gasteiger partial charge in [0.05, 0.1) is 10.0 Å². The fourth-order valence-corrected chi connectivity index (χ4v) is 3.73. The summed E-state index contributed by atoms with van der Waals surface area (Å²) in [6.45, 7) is 6.97. The van der Waals surface area contributed by atoms with Crippen molar-refractivity contribution in [2.75, 3.05) is 6.54 Å². The number of benzene rings is 2. The number of nitrogens with zero attached hydrogens (tertiary/aromatic N) is 1. The Morgan fingerprint density at radius 2 is 1.68 bits per heavy atom.